The van der Waals surface area contributed by atoms with Gasteiger partial charge < -0.3 is 5.32 Å². The van der Waals surface area contributed by atoms with Gasteiger partial charge in [-0.2, -0.15) is 13.2 Å². The average molecular weight is 354 g/mol. The Labute approximate surface area is 137 Å². The highest BCUT2D eigenvalue weighted by Crippen LogP contribution is 2.30. The first-order chi connectivity index (χ1) is 11.2. The summed E-state index contributed by atoms with van der Waals surface area (Å²) in [6.45, 7) is 1.85. The average Bonchev–Trinajstić information content (AvgIpc) is 2.85. The fourth-order valence-corrected chi connectivity index (χ4v) is 3.00. The van der Waals surface area contributed by atoms with Gasteiger partial charge in [-0.3, -0.25) is 4.79 Å². The number of hydrogen-bond donors (Lipinski definition) is 1. The van der Waals surface area contributed by atoms with Crippen LogP contribution < -0.4 is 5.32 Å². The molecule has 0 atom stereocenters. The summed E-state index contributed by atoms with van der Waals surface area (Å²) in [4.78, 5) is 16.4. The lowest BCUT2D eigenvalue weighted by molar-refractivity contribution is -0.137. The summed E-state index contributed by atoms with van der Waals surface area (Å²) in [6, 6.07) is 6.81. The van der Waals surface area contributed by atoms with E-state index in [0.717, 1.165) is 15.8 Å². The normalized spacial score (nSPS) is 11.7. The van der Waals surface area contributed by atoms with Gasteiger partial charge in [0, 0.05) is 5.69 Å². The van der Waals surface area contributed by atoms with E-state index in [0.29, 0.717) is 23.3 Å². The Bertz CT molecular complexity index is 933. The number of thiazole rings is 1. The van der Waals surface area contributed by atoms with Gasteiger partial charge in [-0.05, 0) is 43.3 Å². The lowest BCUT2D eigenvalue weighted by atomic mass is 10.1. The van der Waals surface area contributed by atoms with Crippen LogP contribution in [0.3, 0.4) is 0 Å². The molecular weight excluding hydrogens is 344 g/mol. The monoisotopic (exact) mass is 354 g/mol. The van der Waals surface area contributed by atoms with Crippen LogP contribution in [0.25, 0.3) is 10.2 Å². The summed E-state index contributed by atoms with van der Waals surface area (Å²) >= 11 is 1.49. The molecule has 0 saturated carbocycles. The quantitative estimate of drug-likeness (QED) is 0.657. The van der Waals surface area contributed by atoms with Crippen LogP contribution in [0.1, 0.15) is 20.9 Å². The number of anilines is 1. The van der Waals surface area contributed by atoms with Gasteiger partial charge in [0.05, 0.1) is 26.4 Å². The van der Waals surface area contributed by atoms with Crippen molar-refractivity contribution >= 4 is 33.1 Å². The molecule has 0 aliphatic rings. The Morgan fingerprint density at radius 1 is 1.17 bits per heavy atom. The molecule has 3 nitrogen and oxygen atoms in total. The minimum atomic E-state index is -4.66. The van der Waals surface area contributed by atoms with Crippen molar-refractivity contribution in [1.29, 1.82) is 0 Å². The number of hydrogen-bond acceptors (Lipinski definition) is 3. The zero-order valence-corrected chi connectivity index (χ0v) is 13.1. The first-order valence-electron chi connectivity index (χ1n) is 6.79. The van der Waals surface area contributed by atoms with Crippen molar-refractivity contribution < 1.29 is 22.4 Å². The first kappa shape index (κ1) is 16.4. The Balaban J connectivity index is 1.85. The van der Waals surface area contributed by atoms with E-state index in [1.54, 1.807) is 18.2 Å². The van der Waals surface area contributed by atoms with E-state index in [1.165, 1.54) is 11.3 Å². The number of amides is 1. The molecule has 0 aliphatic carbocycles. The van der Waals surface area contributed by atoms with Crippen molar-refractivity contribution in [2.45, 2.75) is 13.1 Å². The lowest BCUT2D eigenvalue weighted by Crippen LogP contribution is -2.15. The molecule has 1 N–H and O–H groups in total. The molecule has 2 aromatic carbocycles. The molecule has 0 bridgehead atoms. The lowest BCUT2D eigenvalue weighted by Gasteiger charge is -2.09. The van der Waals surface area contributed by atoms with Crippen LogP contribution in [0.4, 0.5) is 23.2 Å². The molecule has 0 fully saturated rings. The van der Waals surface area contributed by atoms with Crippen molar-refractivity contribution in [1.82, 2.24) is 4.98 Å². The topological polar surface area (TPSA) is 42.0 Å². The molecule has 0 spiro atoms. The number of aromatic nitrogens is 1. The summed E-state index contributed by atoms with van der Waals surface area (Å²) < 4.78 is 52.3. The Morgan fingerprint density at radius 2 is 1.92 bits per heavy atom. The van der Waals surface area contributed by atoms with Crippen LogP contribution in [0, 0.1) is 12.7 Å². The van der Waals surface area contributed by atoms with E-state index < -0.39 is 29.0 Å². The van der Waals surface area contributed by atoms with Crippen molar-refractivity contribution in [3.05, 3.63) is 58.3 Å². The molecule has 1 amide bonds. The molecule has 8 heteroatoms. The molecule has 0 aliphatic heterocycles. The molecular formula is C16H10F4N2OS. The third-order valence-corrected chi connectivity index (χ3v) is 4.25. The second-order valence-electron chi connectivity index (χ2n) is 5.06. The van der Waals surface area contributed by atoms with E-state index >= 15 is 0 Å². The molecule has 1 aromatic heterocycles. The highest BCUT2D eigenvalue weighted by molar-refractivity contribution is 7.18. The van der Waals surface area contributed by atoms with Crippen LogP contribution in [-0.2, 0) is 6.18 Å². The number of nitrogens with zero attached hydrogens (tertiary/aromatic N) is 1. The van der Waals surface area contributed by atoms with E-state index in [2.05, 4.69) is 10.3 Å². The SMILES string of the molecule is Cc1nc2cc(NC(=O)c3ccc(C(F)(F)F)cc3F)ccc2s1. The fourth-order valence-electron chi connectivity index (χ4n) is 2.19. The zero-order valence-electron chi connectivity index (χ0n) is 12.2. The van der Waals surface area contributed by atoms with Gasteiger partial charge in [0.2, 0.25) is 0 Å². The van der Waals surface area contributed by atoms with Gasteiger partial charge in [0.25, 0.3) is 5.91 Å². The number of rotatable bonds is 2. The number of carbonyl (C=O) groups excluding carboxylic acids is 1. The van der Waals surface area contributed by atoms with E-state index in [9.17, 15) is 22.4 Å². The Morgan fingerprint density at radius 3 is 2.58 bits per heavy atom. The maximum atomic E-state index is 13.8. The number of carbonyl (C=O) groups is 1. The summed E-state index contributed by atoms with van der Waals surface area (Å²) in [5, 5.41) is 3.33. The zero-order chi connectivity index (χ0) is 17.5. The molecule has 3 aromatic rings. The summed E-state index contributed by atoms with van der Waals surface area (Å²) in [5.41, 5.74) is -0.534. The van der Waals surface area contributed by atoms with Crippen LogP contribution in [-0.4, -0.2) is 10.9 Å². The van der Waals surface area contributed by atoms with Crippen LogP contribution >= 0.6 is 11.3 Å². The third-order valence-electron chi connectivity index (χ3n) is 3.29. The molecule has 0 saturated heterocycles. The van der Waals surface area contributed by atoms with Gasteiger partial charge in [-0.15, -0.1) is 11.3 Å². The number of fused-ring (bicyclic) bond motifs is 1. The minimum Gasteiger partial charge on any atom is -0.322 e. The number of aryl methyl sites for hydroxylation is 1. The molecule has 1 heterocycles. The fraction of sp³-hybridized carbons (Fsp3) is 0.125. The Hall–Kier alpha value is -2.48. The number of nitrogens with one attached hydrogen (secondary N) is 1. The highest BCUT2D eigenvalue weighted by atomic mass is 32.1. The van der Waals surface area contributed by atoms with Gasteiger partial charge in [-0.25, -0.2) is 9.37 Å². The summed E-state index contributed by atoms with van der Waals surface area (Å²) in [6.07, 6.45) is -4.66. The standard InChI is InChI=1S/C16H10F4N2OS/c1-8-21-13-7-10(3-5-14(13)24-8)22-15(23)11-4-2-9(6-12(11)17)16(18,19)20/h2-7H,1H3,(H,22,23). The number of halogens is 4. The maximum Gasteiger partial charge on any atom is 0.416 e. The largest absolute Gasteiger partial charge is 0.416 e. The molecule has 0 radical (unpaired) electrons. The molecule has 3 rings (SSSR count). The smallest absolute Gasteiger partial charge is 0.322 e. The van der Waals surface area contributed by atoms with Crippen molar-refractivity contribution in [2.24, 2.45) is 0 Å². The van der Waals surface area contributed by atoms with E-state index in [4.69, 9.17) is 0 Å². The molecule has 0 unspecified atom stereocenters. The predicted molar refractivity (Wildman–Crippen MR) is 83.7 cm³/mol. The summed E-state index contributed by atoms with van der Waals surface area (Å²) in [7, 11) is 0. The van der Waals surface area contributed by atoms with Gasteiger partial charge in [0.15, 0.2) is 0 Å². The molecule has 24 heavy (non-hydrogen) atoms. The number of alkyl halides is 3. The van der Waals surface area contributed by atoms with Crippen LogP contribution in [0.15, 0.2) is 36.4 Å². The number of benzene rings is 2. The summed E-state index contributed by atoms with van der Waals surface area (Å²) in [5.74, 6) is -2.06. The second-order valence-corrected chi connectivity index (χ2v) is 6.30. The maximum absolute atomic E-state index is 13.8. The van der Waals surface area contributed by atoms with E-state index in [1.807, 2.05) is 6.92 Å². The van der Waals surface area contributed by atoms with Crippen molar-refractivity contribution in [3.8, 4) is 0 Å². The predicted octanol–water partition coefficient (Wildman–Crippen LogP) is 5.01. The third kappa shape index (κ3) is 3.23. The highest BCUT2D eigenvalue weighted by Gasteiger charge is 2.31. The van der Waals surface area contributed by atoms with Gasteiger partial charge in [-0.1, -0.05) is 0 Å². The van der Waals surface area contributed by atoms with Gasteiger partial charge in [0.1, 0.15) is 5.82 Å². The van der Waals surface area contributed by atoms with Crippen LogP contribution in [0.2, 0.25) is 0 Å². The van der Waals surface area contributed by atoms with E-state index in [-0.39, 0.29) is 0 Å². The van der Waals surface area contributed by atoms with Crippen molar-refractivity contribution in [3.63, 3.8) is 0 Å². The van der Waals surface area contributed by atoms with Crippen LogP contribution in [0.5, 0.6) is 0 Å². The first-order valence-corrected chi connectivity index (χ1v) is 7.61. The van der Waals surface area contributed by atoms with Crippen molar-refractivity contribution in [2.75, 3.05) is 5.32 Å². The minimum absolute atomic E-state index is 0.307. The second kappa shape index (κ2) is 5.86. The molecule has 124 valence electrons. The Kier molecular flexibility index (Phi) is 4.00. The van der Waals surface area contributed by atoms with Gasteiger partial charge >= 0.3 is 6.18 Å².